The third-order valence-corrected chi connectivity index (χ3v) is 3.66. The molecule has 1 aliphatic carbocycles. The number of anilines is 1. The molecule has 1 heterocycles. The molecule has 0 atom stereocenters. The van der Waals surface area contributed by atoms with Crippen molar-refractivity contribution in [1.29, 1.82) is 0 Å². The first-order chi connectivity index (χ1) is 9.58. The van der Waals surface area contributed by atoms with E-state index in [-0.39, 0.29) is 17.1 Å². The third-order valence-electron chi connectivity index (χ3n) is 3.66. The van der Waals surface area contributed by atoms with Crippen molar-refractivity contribution < 1.29 is 9.72 Å². The number of carbonyl (C=O) groups is 1. The zero-order chi connectivity index (χ0) is 14.5. The summed E-state index contributed by atoms with van der Waals surface area (Å²) in [4.78, 5) is 25.9. The van der Waals surface area contributed by atoms with Crippen LogP contribution in [0.4, 0.5) is 11.5 Å². The van der Waals surface area contributed by atoms with Crippen LogP contribution in [0, 0.1) is 16.0 Å². The summed E-state index contributed by atoms with van der Waals surface area (Å²) in [6, 6.07) is 1.24. The molecule has 0 aliphatic heterocycles. The highest BCUT2D eigenvalue weighted by Crippen LogP contribution is 2.27. The van der Waals surface area contributed by atoms with E-state index >= 15 is 0 Å². The molecule has 1 fully saturated rings. The van der Waals surface area contributed by atoms with E-state index in [1.165, 1.54) is 31.7 Å². The minimum absolute atomic E-state index is 0.0334. The largest absolute Gasteiger partial charge is 0.384 e. The molecule has 1 aromatic heterocycles. The second-order valence-corrected chi connectivity index (χ2v) is 5.08. The van der Waals surface area contributed by atoms with Gasteiger partial charge in [-0.15, -0.1) is 0 Å². The second kappa shape index (κ2) is 6.31. The number of nitrogens with one attached hydrogen (secondary N) is 1. The summed E-state index contributed by atoms with van der Waals surface area (Å²) >= 11 is 0. The van der Waals surface area contributed by atoms with Gasteiger partial charge in [-0.1, -0.05) is 25.7 Å². The Labute approximate surface area is 116 Å². The van der Waals surface area contributed by atoms with Crippen molar-refractivity contribution in [3.63, 3.8) is 0 Å². The monoisotopic (exact) mass is 278 g/mol. The lowest BCUT2D eigenvalue weighted by atomic mass is 10.0. The molecule has 1 saturated carbocycles. The van der Waals surface area contributed by atoms with Crippen LogP contribution < -0.4 is 11.1 Å². The van der Waals surface area contributed by atoms with E-state index in [4.69, 9.17) is 5.73 Å². The van der Waals surface area contributed by atoms with E-state index in [9.17, 15) is 14.9 Å². The molecule has 0 saturated heterocycles. The molecule has 0 radical (unpaired) electrons. The van der Waals surface area contributed by atoms with Gasteiger partial charge in [-0.2, -0.15) is 0 Å². The van der Waals surface area contributed by atoms with E-state index < -0.39 is 10.8 Å². The number of amides is 1. The Morgan fingerprint density at radius 2 is 2.20 bits per heavy atom. The SMILES string of the molecule is Nc1cc(C(=O)NCCC2CCCC2)c([N+](=O)[O-])cn1. The highest BCUT2D eigenvalue weighted by molar-refractivity contribution is 5.98. The van der Waals surface area contributed by atoms with Gasteiger partial charge in [-0.25, -0.2) is 4.98 Å². The lowest BCUT2D eigenvalue weighted by Crippen LogP contribution is -2.26. The maximum atomic E-state index is 12.0. The molecule has 3 N–H and O–H groups in total. The zero-order valence-electron chi connectivity index (χ0n) is 11.2. The standard InChI is InChI=1S/C13H18N4O3/c14-12-7-10(11(8-16-12)17(19)20)13(18)15-6-5-9-3-1-2-4-9/h7-9H,1-6H2,(H2,14,16)(H,15,18). The summed E-state index contributed by atoms with van der Waals surface area (Å²) in [5, 5.41) is 13.6. The number of nitro groups is 1. The van der Waals surface area contributed by atoms with Crippen molar-refractivity contribution in [1.82, 2.24) is 10.3 Å². The first-order valence-corrected chi connectivity index (χ1v) is 6.76. The third kappa shape index (κ3) is 3.43. The summed E-state index contributed by atoms with van der Waals surface area (Å²) < 4.78 is 0. The first kappa shape index (κ1) is 14.2. The quantitative estimate of drug-likeness (QED) is 0.631. The van der Waals surface area contributed by atoms with Crippen molar-refractivity contribution in [2.24, 2.45) is 5.92 Å². The van der Waals surface area contributed by atoms with Gasteiger partial charge in [0, 0.05) is 6.54 Å². The van der Waals surface area contributed by atoms with Crippen molar-refractivity contribution in [2.45, 2.75) is 32.1 Å². The molecule has 0 aromatic carbocycles. The molecule has 20 heavy (non-hydrogen) atoms. The van der Waals surface area contributed by atoms with Crippen LogP contribution in [-0.4, -0.2) is 22.4 Å². The van der Waals surface area contributed by atoms with Gasteiger partial charge in [0.15, 0.2) is 0 Å². The molecule has 1 aromatic rings. The predicted molar refractivity (Wildman–Crippen MR) is 74.2 cm³/mol. The van der Waals surface area contributed by atoms with Crippen LogP contribution in [0.3, 0.4) is 0 Å². The number of nitrogen functional groups attached to an aromatic ring is 1. The first-order valence-electron chi connectivity index (χ1n) is 6.76. The fourth-order valence-electron chi connectivity index (χ4n) is 2.58. The number of pyridine rings is 1. The summed E-state index contributed by atoms with van der Waals surface area (Å²) in [7, 11) is 0. The number of carbonyl (C=O) groups excluding carboxylic acids is 1. The highest BCUT2D eigenvalue weighted by atomic mass is 16.6. The minimum Gasteiger partial charge on any atom is -0.384 e. The Hall–Kier alpha value is -2.18. The van der Waals surface area contributed by atoms with Gasteiger partial charge in [-0.3, -0.25) is 14.9 Å². The summed E-state index contributed by atoms with van der Waals surface area (Å²) in [5.74, 6) is 0.285. The molecule has 0 spiro atoms. The number of rotatable bonds is 5. The van der Waals surface area contributed by atoms with Crippen LogP contribution in [0.25, 0.3) is 0 Å². The van der Waals surface area contributed by atoms with E-state index in [2.05, 4.69) is 10.3 Å². The normalized spacial score (nSPS) is 15.2. The van der Waals surface area contributed by atoms with Crippen molar-refractivity contribution in [2.75, 3.05) is 12.3 Å². The Bertz CT molecular complexity index is 512. The fourth-order valence-corrected chi connectivity index (χ4v) is 2.58. The van der Waals surface area contributed by atoms with Crippen molar-refractivity contribution in [3.05, 3.63) is 27.9 Å². The molecule has 2 rings (SSSR count). The molecule has 1 amide bonds. The van der Waals surface area contributed by atoms with Gasteiger partial charge < -0.3 is 11.1 Å². The Morgan fingerprint density at radius 3 is 2.85 bits per heavy atom. The van der Waals surface area contributed by atoms with Crippen LogP contribution in [-0.2, 0) is 0 Å². The van der Waals surface area contributed by atoms with E-state index in [1.54, 1.807) is 0 Å². The molecule has 7 nitrogen and oxygen atoms in total. The summed E-state index contributed by atoms with van der Waals surface area (Å²) in [6.07, 6.45) is 6.85. The number of hydrogen-bond donors (Lipinski definition) is 2. The summed E-state index contributed by atoms with van der Waals surface area (Å²) in [6.45, 7) is 0.531. The van der Waals surface area contributed by atoms with Gasteiger partial charge >= 0.3 is 0 Å². The second-order valence-electron chi connectivity index (χ2n) is 5.08. The Morgan fingerprint density at radius 1 is 1.50 bits per heavy atom. The Balaban J connectivity index is 1.97. The van der Waals surface area contributed by atoms with Gasteiger partial charge in [0.2, 0.25) is 0 Å². The van der Waals surface area contributed by atoms with E-state index in [0.29, 0.717) is 12.5 Å². The van der Waals surface area contributed by atoms with Gasteiger partial charge in [0.05, 0.1) is 4.92 Å². The number of nitrogens with zero attached hydrogens (tertiary/aromatic N) is 2. The average Bonchev–Trinajstić information content (AvgIpc) is 2.91. The molecule has 0 bridgehead atoms. The average molecular weight is 278 g/mol. The van der Waals surface area contributed by atoms with E-state index in [1.807, 2.05) is 0 Å². The summed E-state index contributed by atoms with van der Waals surface area (Å²) in [5.41, 5.74) is 5.12. The number of hydrogen-bond acceptors (Lipinski definition) is 5. The van der Waals surface area contributed by atoms with Crippen molar-refractivity contribution >= 4 is 17.4 Å². The number of nitrogens with two attached hydrogens (primary N) is 1. The maximum absolute atomic E-state index is 12.0. The lowest BCUT2D eigenvalue weighted by Gasteiger charge is -2.10. The van der Waals surface area contributed by atoms with Gasteiger partial charge in [0.1, 0.15) is 17.6 Å². The van der Waals surface area contributed by atoms with Crippen LogP contribution in [0.15, 0.2) is 12.3 Å². The van der Waals surface area contributed by atoms with Crippen LogP contribution in [0.2, 0.25) is 0 Å². The van der Waals surface area contributed by atoms with Crippen LogP contribution in [0.1, 0.15) is 42.5 Å². The number of aromatic nitrogens is 1. The predicted octanol–water partition coefficient (Wildman–Crippen LogP) is 1.88. The smallest absolute Gasteiger partial charge is 0.300 e. The topological polar surface area (TPSA) is 111 Å². The van der Waals surface area contributed by atoms with Crippen LogP contribution >= 0.6 is 0 Å². The molecular formula is C13H18N4O3. The molecule has 1 aliphatic rings. The lowest BCUT2D eigenvalue weighted by molar-refractivity contribution is -0.385. The Kier molecular flexibility index (Phi) is 4.49. The minimum atomic E-state index is -0.627. The van der Waals surface area contributed by atoms with Gasteiger partial charge in [-0.05, 0) is 18.4 Å². The van der Waals surface area contributed by atoms with Crippen LogP contribution in [0.5, 0.6) is 0 Å². The molecule has 0 unspecified atom stereocenters. The highest BCUT2D eigenvalue weighted by Gasteiger charge is 2.21. The zero-order valence-corrected chi connectivity index (χ0v) is 11.2. The molecule has 108 valence electrons. The fraction of sp³-hybridized carbons (Fsp3) is 0.538. The molecular weight excluding hydrogens is 260 g/mol. The molecule has 7 heteroatoms. The van der Waals surface area contributed by atoms with Crippen molar-refractivity contribution in [3.8, 4) is 0 Å². The van der Waals surface area contributed by atoms with E-state index in [0.717, 1.165) is 12.6 Å². The van der Waals surface area contributed by atoms with Gasteiger partial charge in [0.25, 0.3) is 11.6 Å². The maximum Gasteiger partial charge on any atom is 0.300 e.